The van der Waals surface area contributed by atoms with Gasteiger partial charge in [-0.05, 0) is 17.5 Å². The number of nitrogens with two attached hydrogens (primary N) is 1. The molecule has 1 aromatic rings. The van der Waals surface area contributed by atoms with Crippen molar-refractivity contribution in [1.29, 1.82) is 0 Å². The molecule has 0 saturated heterocycles. The molecule has 2 rings (SSSR count). The van der Waals surface area contributed by atoms with Crippen LogP contribution in [0.2, 0.25) is 0 Å². The Bertz CT molecular complexity index is 474. The Morgan fingerprint density at radius 1 is 1.37 bits per heavy atom. The molecule has 5 heteroatoms. The highest BCUT2D eigenvalue weighted by Crippen LogP contribution is 2.25. The van der Waals surface area contributed by atoms with E-state index >= 15 is 0 Å². The van der Waals surface area contributed by atoms with Gasteiger partial charge in [0.05, 0.1) is 0 Å². The third-order valence-corrected chi connectivity index (χ3v) is 3.36. The van der Waals surface area contributed by atoms with Gasteiger partial charge in [0.25, 0.3) is 0 Å². The van der Waals surface area contributed by atoms with Crippen molar-refractivity contribution in [2.24, 2.45) is 11.7 Å². The first kappa shape index (κ1) is 13.4. The lowest BCUT2D eigenvalue weighted by atomic mass is 10.0. The molecule has 5 nitrogen and oxygen atoms in total. The topological polar surface area (TPSA) is 84.2 Å². The summed E-state index contributed by atoms with van der Waals surface area (Å²) < 4.78 is 0. The van der Waals surface area contributed by atoms with E-state index in [1.165, 1.54) is 0 Å². The molecule has 2 atom stereocenters. The maximum Gasteiger partial charge on any atom is 0.243 e. The van der Waals surface area contributed by atoms with Gasteiger partial charge >= 0.3 is 0 Å². The first-order chi connectivity index (χ1) is 8.99. The molecule has 0 aromatic heterocycles. The third-order valence-electron chi connectivity index (χ3n) is 3.36. The number of nitrogens with one attached hydrogen (secondary N) is 2. The van der Waals surface area contributed by atoms with Crippen LogP contribution >= 0.6 is 0 Å². The summed E-state index contributed by atoms with van der Waals surface area (Å²) in [6.07, 6.45) is 0.631. The van der Waals surface area contributed by atoms with Crippen LogP contribution in [0, 0.1) is 5.92 Å². The summed E-state index contributed by atoms with van der Waals surface area (Å²) >= 11 is 0. The van der Waals surface area contributed by atoms with Crippen LogP contribution in [0.1, 0.15) is 19.4 Å². The van der Waals surface area contributed by atoms with E-state index in [0.717, 1.165) is 11.3 Å². The fraction of sp³-hybridized carbons (Fsp3) is 0.429. The smallest absolute Gasteiger partial charge is 0.243 e. The van der Waals surface area contributed by atoms with Gasteiger partial charge < -0.3 is 16.4 Å². The van der Waals surface area contributed by atoms with Crippen LogP contribution in [-0.4, -0.2) is 23.9 Å². The number of amides is 2. The largest absolute Gasteiger partial charge is 0.373 e. The Kier molecular flexibility index (Phi) is 3.74. The Labute approximate surface area is 112 Å². The summed E-state index contributed by atoms with van der Waals surface area (Å²) in [5, 5.41) is 5.87. The van der Waals surface area contributed by atoms with Crippen molar-refractivity contribution in [2.75, 3.05) is 5.32 Å². The maximum atomic E-state index is 12.2. The summed E-state index contributed by atoms with van der Waals surface area (Å²) in [5.74, 6) is -0.710. The van der Waals surface area contributed by atoms with E-state index in [2.05, 4.69) is 10.6 Å². The minimum atomic E-state index is -0.627. The van der Waals surface area contributed by atoms with Gasteiger partial charge in [0.1, 0.15) is 12.1 Å². The summed E-state index contributed by atoms with van der Waals surface area (Å²) in [5.41, 5.74) is 7.38. The number of benzene rings is 1. The summed E-state index contributed by atoms with van der Waals surface area (Å²) in [6.45, 7) is 3.71. The molecule has 19 heavy (non-hydrogen) atoms. The number of rotatable bonds is 4. The lowest BCUT2D eigenvalue weighted by molar-refractivity contribution is -0.128. The third kappa shape index (κ3) is 2.86. The number of fused-ring (bicyclic) bond motifs is 1. The van der Waals surface area contributed by atoms with Crippen molar-refractivity contribution in [1.82, 2.24) is 5.32 Å². The van der Waals surface area contributed by atoms with E-state index in [9.17, 15) is 9.59 Å². The average molecular weight is 261 g/mol. The van der Waals surface area contributed by atoms with Gasteiger partial charge in [0, 0.05) is 12.1 Å². The van der Waals surface area contributed by atoms with Gasteiger partial charge in [0.15, 0.2) is 0 Å². The van der Waals surface area contributed by atoms with Crippen molar-refractivity contribution >= 4 is 17.5 Å². The van der Waals surface area contributed by atoms with Crippen LogP contribution < -0.4 is 16.4 Å². The molecule has 1 heterocycles. The Hall–Kier alpha value is -2.04. The van der Waals surface area contributed by atoms with E-state index in [0.29, 0.717) is 6.42 Å². The molecule has 0 radical (unpaired) electrons. The minimum Gasteiger partial charge on any atom is -0.373 e. The first-order valence-electron chi connectivity index (χ1n) is 6.43. The van der Waals surface area contributed by atoms with Gasteiger partial charge in [-0.25, -0.2) is 0 Å². The van der Waals surface area contributed by atoms with Crippen LogP contribution in [0.3, 0.4) is 0 Å². The molecule has 4 N–H and O–H groups in total. The predicted molar refractivity (Wildman–Crippen MR) is 73.5 cm³/mol. The van der Waals surface area contributed by atoms with Gasteiger partial charge in [-0.15, -0.1) is 0 Å². The number of hydrogen-bond donors (Lipinski definition) is 3. The van der Waals surface area contributed by atoms with Crippen LogP contribution in [0.15, 0.2) is 24.3 Å². The second kappa shape index (κ2) is 5.30. The van der Waals surface area contributed by atoms with Crippen LogP contribution in [0.5, 0.6) is 0 Å². The number of hydrogen-bond acceptors (Lipinski definition) is 3. The molecule has 1 aliphatic rings. The number of carbonyl (C=O) groups is 2. The SMILES string of the molecule is CC(C)C(NC(=O)[C@@H]1Cc2ccccc2N1)C(N)=O. The van der Waals surface area contributed by atoms with Crippen molar-refractivity contribution in [3.8, 4) is 0 Å². The quantitative estimate of drug-likeness (QED) is 0.744. The predicted octanol–water partition coefficient (Wildman–Crippen LogP) is 0.649. The van der Waals surface area contributed by atoms with Crippen LogP contribution in [-0.2, 0) is 16.0 Å². The van der Waals surface area contributed by atoms with Gasteiger partial charge in [0.2, 0.25) is 11.8 Å². The van der Waals surface area contributed by atoms with E-state index in [-0.39, 0.29) is 17.9 Å². The normalized spacial score (nSPS) is 18.6. The molecule has 0 aliphatic carbocycles. The Morgan fingerprint density at radius 3 is 2.63 bits per heavy atom. The molecular formula is C14H19N3O2. The van der Waals surface area contributed by atoms with Crippen LogP contribution in [0.25, 0.3) is 0 Å². The fourth-order valence-electron chi connectivity index (χ4n) is 2.28. The van der Waals surface area contributed by atoms with Gasteiger partial charge in [-0.3, -0.25) is 9.59 Å². The Balaban J connectivity index is 2.01. The van der Waals surface area contributed by atoms with Gasteiger partial charge in [-0.2, -0.15) is 0 Å². The number of anilines is 1. The molecule has 1 unspecified atom stereocenters. The molecule has 1 aromatic carbocycles. The molecular weight excluding hydrogens is 242 g/mol. The van der Waals surface area contributed by atoms with E-state index in [1.807, 2.05) is 38.1 Å². The van der Waals surface area contributed by atoms with E-state index < -0.39 is 11.9 Å². The molecule has 102 valence electrons. The number of carbonyl (C=O) groups excluding carboxylic acids is 2. The number of para-hydroxylation sites is 1. The summed E-state index contributed by atoms with van der Waals surface area (Å²) in [7, 11) is 0. The second-order valence-corrected chi connectivity index (χ2v) is 5.19. The van der Waals surface area contributed by atoms with E-state index in [4.69, 9.17) is 5.73 Å². The number of primary amides is 1. The average Bonchev–Trinajstić information content (AvgIpc) is 2.78. The molecule has 2 amide bonds. The zero-order valence-electron chi connectivity index (χ0n) is 11.1. The van der Waals surface area contributed by atoms with Gasteiger partial charge in [-0.1, -0.05) is 32.0 Å². The van der Waals surface area contributed by atoms with E-state index in [1.54, 1.807) is 0 Å². The zero-order valence-corrected chi connectivity index (χ0v) is 11.1. The standard InChI is InChI=1S/C14H19N3O2/c1-8(2)12(13(15)18)17-14(19)11-7-9-5-3-4-6-10(9)16-11/h3-6,8,11-12,16H,7H2,1-2H3,(H2,15,18)(H,17,19)/t11-,12?/m0/s1. The van der Waals surface area contributed by atoms with Crippen molar-refractivity contribution < 1.29 is 9.59 Å². The molecule has 1 aliphatic heterocycles. The summed E-state index contributed by atoms with van der Waals surface area (Å²) in [6, 6.07) is 6.84. The minimum absolute atomic E-state index is 0.0229. The molecule has 0 fully saturated rings. The lowest BCUT2D eigenvalue weighted by Gasteiger charge is -2.21. The molecule has 0 spiro atoms. The highest BCUT2D eigenvalue weighted by molar-refractivity contribution is 5.92. The monoisotopic (exact) mass is 261 g/mol. The zero-order chi connectivity index (χ0) is 14.0. The maximum absolute atomic E-state index is 12.2. The van der Waals surface area contributed by atoms with Crippen molar-refractivity contribution in [2.45, 2.75) is 32.4 Å². The van der Waals surface area contributed by atoms with Crippen molar-refractivity contribution in [3.63, 3.8) is 0 Å². The highest BCUT2D eigenvalue weighted by Gasteiger charge is 2.30. The molecule has 0 bridgehead atoms. The lowest BCUT2D eigenvalue weighted by Crippen LogP contribution is -2.51. The van der Waals surface area contributed by atoms with Crippen LogP contribution in [0.4, 0.5) is 5.69 Å². The first-order valence-corrected chi connectivity index (χ1v) is 6.43. The second-order valence-electron chi connectivity index (χ2n) is 5.19. The fourth-order valence-corrected chi connectivity index (χ4v) is 2.28. The van der Waals surface area contributed by atoms with Crippen molar-refractivity contribution in [3.05, 3.63) is 29.8 Å². The summed E-state index contributed by atoms with van der Waals surface area (Å²) in [4.78, 5) is 23.4. The Morgan fingerprint density at radius 2 is 2.05 bits per heavy atom. The molecule has 0 saturated carbocycles. The highest BCUT2D eigenvalue weighted by atomic mass is 16.2.